The van der Waals surface area contributed by atoms with Gasteiger partial charge in [0.15, 0.2) is 0 Å². The third kappa shape index (κ3) is 4.20. The van der Waals surface area contributed by atoms with E-state index in [1.807, 2.05) is 6.92 Å². The van der Waals surface area contributed by atoms with Crippen LogP contribution in [-0.4, -0.2) is 31.6 Å². The summed E-state index contributed by atoms with van der Waals surface area (Å²) in [6.45, 7) is 5.28. The first kappa shape index (κ1) is 18.1. The summed E-state index contributed by atoms with van der Waals surface area (Å²) in [6, 6.07) is 5.13. The SMILES string of the molecule is COc1ccc(C)cc1NS(=O)(=O)c1nnc(NC(=O)C(C)C)s1. The normalized spacial score (nSPS) is 11.4. The quantitative estimate of drug-likeness (QED) is 0.755. The molecule has 1 aromatic carbocycles. The van der Waals surface area contributed by atoms with Crippen LogP contribution in [-0.2, 0) is 14.8 Å². The lowest BCUT2D eigenvalue weighted by Gasteiger charge is -2.10. The number of rotatable bonds is 6. The minimum absolute atomic E-state index is 0.130. The molecular weight excluding hydrogens is 352 g/mol. The van der Waals surface area contributed by atoms with Crippen molar-refractivity contribution >= 4 is 38.1 Å². The van der Waals surface area contributed by atoms with Crippen molar-refractivity contribution in [2.24, 2.45) is 5.92 Å². The molecule has 1 amide bonds. The number of benzene rings is 1. The van der Waals surface area contributed by atoms with E-state index >= 15 is 0 Å². The Hall–Kier alpha value is -2.20. The molecule has 2 aromatic rings. The summed E-state index contributed by atoms with van der Waals surface area (Å²) >= 11 is 0.777. The van der Waals surface area contributed by atoms with Crippen molar-refractivity contribution in [3.05, 3.63) is 23.8 Å². The van der Waals surface area contributed by atoms with E-state index in [1.54, 1.807) is 32.0 Å². The van der Waals surface area contributed by atoms with E-state index in [0.717, 1.165) is 16.9 Å². The molecule has 0 radical (unpaired) electrons. The maximum Gasteiger partial charge on any atom is 0.291 e. The highest BCUT2D eigenvalue weighted by molar-refractivity contribution is 7.94. The Morgan fingerprint density at radius 1 is 1.29 bits per heavy atom. The molecule has 2 rings (SSSR count). The van der Waals surface area contributed by atoms with E-state index in [-0.39, 0.29) is 21.3 Å². The van der Waals surface area contributed by atoms with Crippen LogP contribution in [0.25, 0.3) is 0 Å². The van der Waals surface area contributed by atoms with Crippen molar-refractivity contribution in [1.82, 2.24) is 10.2 Å². The molecule has 0 saturated heterocycles. The van der Waals surface area contributed by atoms with Gasteiger partial charge in [-0.25, -0.2) is 0 Å². The zero-order valence-corrected chi connectivity index (χ0v) is 15.3. The molecule has 0 saturated carbocycles. The molecule has 1 heterocycles. The van der Waals surface area contributed by atoms with Crippen LogP contribution in [0.1, 0.15) is 19.4 Å². The Balaban J connectivity index is 2.24. The van der Waals surface area contributed by atoms with Gasteiger partial charge in [0.1, 0.15) is 5.75 Å². The number of aryl methyl sites for hydroxylation is 1. The Morgan fingerprint density at radius 3 is 2.62 bits per heavy atom. The molecule has 0 spiro atoms. The summed E-state index contributed by atoms with van der Waals surface area (Å²) in [4.78, 5) is 11.6. The minimum atomic E-state index is -3.93. The fourth-order valence-corrected chi connectivity index (χ4v) is 3.67. The smallest absolute Gasteiger partial charge is 0.291 e. The summed E-state index contributed by atoms with van der Waals surface area (Å²) in [5, 5.41) is 9.98. The number of nitrogens with zero attached hydrogens (tertiary/aromatic N) is 2. The van der Waals surface area contributed by atoms with Crippen LogP contribution >= 0.6 is 11.3 Å². The fraction of sp³-hybridized carbons (Fsp3) is 0.357. The largest absolute Gasteiger partial charge is 0.495 e. The zero-order valence-electron chi connectivity index (χ0n) is 13.7. The number of aromatic nitrogens is 2. The third-order valence-corrected chi connectivity index (χ3v) is 5.56. The number of anilines is 2. The van der Waals surface area contributed by atoms with E-state index in [4.69, 9.17) is 4.74 Å². The zero-order chi connectivity index (χ0) is 17.9. The lowest BCUT2D eigenvalue weighted by Crippen LogP contribution is -2.17. The van der Waals surface area contributed by atoms with Crippen LogP contribution in [0.3, 0.4) is 0 Å². The number of ether oxygens (including phenoxy) is 1. The Kier molecular flexibility index (Phi) is 5.40. The third-order valence-electron chi connectivity index (χ3n) is 2.99. The van der Waals surface area contributed by atoms with Crippen LogP contribution < -0.4 is 14.8 Å². The highest BCUT2D eigenvalue weighted by Gasteiger charge is 2.23. The van der Waals surface area contributed by atoms with Gasteiger partial charge in [0.05, 0.1) is 12.8 Å². The molecule has 0 fully saturated rings. The molecule has 10 heteroatoms. The van der Waals surface area contributed by atoms with Gasteiger partial charge in [-0.1, -0.05) is 31.3 Å². The minimum Gasteiger partial charge on any atom is -0.495 e. The van der Waals surface area contributed by atoms with E-state index in [9.17, 15) is 13.2 Å². The lowest BCUT2D eigenvalue weighted by atomic mass is 10.2. The molecule has 2 N–H and O–H groups in total. The predicted molar refractivity (Wildman–Crippen MR) is 91.9 cm³/mol. The summed E-state index contributed by atoms with van der Waals surface area (Å²) in [7, 11) is -2.48. The maximum atomic E-state index is 12.4. The topological polar surface area (TPSA) is 110 Å². The molecule has 8 nitrogen and oxygen atoms in total. The second-order valence-electron chi connectivity index (χ2n) is 5.33. The first-order valence-corrected chi connectivity index (χ1v) is 9.34. The molecule has 0 aliphatic carbocycles. The first-order chi connectivity index (χ1) is 11.2. The van der Waals surface area contributed by atoms with Gasteiger partial charge in [-0.2, -0.15) is 8.42 Å². The number of carbonyl (C=O) groups is 1. The summed E-state index contributed by atoms with van der Waals surface area (Å²) in [5.74, 6) is -0.117. The Labute approximate surface area is 144 Å². The fourth-order valence-electron chi connectivity index (χ4n) is 1.71. The Morgan fingerprint density at radius 2 is 2.00 bits per heavy atom. The molecule has 0 atom stereocenters. The highest BCUT2D eigenvalue weighted by atomic mass is 32.2. The standard InChI is InChI=1S/C14H18N4O4S2/c1-8(2)12(19)15-13-16-17-14(23-13)24(20,21)18-10-7-9(3)5-6-11(10)22-4/h5-8,18H,1-4H3,(H,15,16,19). The average Bonchev–Trinajstić information content (AvgIpc) is 2.96. The van der Waals surface area contributed by atoms with Crippen LogP contribution in [0.5, 0.6) is 5.75 Å². The van der Waals surface area contributed by atoms with Gasteiger partial charge in [0.25, 0.3) is 14.4 Å². The van der Waals surface area contributed by atoms with E-state index < -0.39 is 10.0 Å². The van der Waals surface area contributed by atoms with Crippen molar-refractivity contribution < 1.29 is 17.9 Å². The molecule has 0 bridgehead atoms. The van der Waals surface area contributed by atoms with Gasteiger partial charge in [-0.05, 0) is 24.6 Å². The number of hydrogen-bond acceptors (Lipinski definition) is 7. The van der Waals surface area contributed by atoms with E-state index in [0.29, 0.717) is 11.4 Å². The van der Waals surface area contributed by atoms with Gasteiger partial charge >= 0.3 is 0 Å². The van der Waals surface area contributed by atoms with Gasteiger partial charge < -0.3 is 10.1 Å². The monoisotopic (exact) mass is 370 g/mol. The number of hydrogen-bond donors (Lipinski definition) is 2. The van der Waals surface area contributed by atoms with Gasteiger partial charge in [-0.3, -0.25) is 9.52 Å². The van der Waals surface area contributed by atoms with E-state index in [1.165, 1.54) is 7.11 Å². The summed E-state index contributed by atoms with van der Waals surface area (Å²) in [6.07, 6.45) is 0. The van der Waals surface area contributed by atoms with Gasteiger partial charge in [0, 0.05) is 5.92 Å². The van der Waals surface area contributed by atoms with Crippen LogP contribution in [0, 0.1) is 12.8 Å². The average molecular weight is 370 g/mol. The number of amides is 1. The van der Waals surface area contributed by atoms with Crippen molar-refractivity contribution in [2.45, 2.75) is 25.1 Å². The number of methoxy groups -OCH3 is 1. The van der Waals surface area contributed by atoms with Crippen LogP contribution in [0.15, 0.2) is 22.5 Å². The predicted octanol–water partition coefficient (Wildman–Crippen LogP) is 2.25. The second-order valence-corrected chi connectivity index (χ2v) is 8.16. The number of nitrogens with one attached hydrogen (secondary N) is 2. The Bertz CT molecular complexity index is 846. The highest BCUT2D eigenvalue weighted by Crippen LogP contribution is 2.29. The molecule has 0 aliphatic heterocycles. The first-order valence-electron chi connectivity index (χ1n) is 7.04. The number of carbonyl (C=O) groups excluding carboxylic acids is 1. The second kappa shape index (κ2) is 7.14. The summed E-state index contributed by atoms with van der Waals surface area (Å²) in [5.41, 5.74) is 1.18. The van der Waals surface area contributed by atoms with Crippen molar-refractivity contribution in [1.29, 1.82) is 0 Å². The van der Waals surface area contributed by atoms with Crippen molar-refractivity contribution in [3.8, 4) is 5.75 Å². The van der Waals surface area contributed by atoms with E-state index in [2.05, 4.69) is 20.2 Å². The number of sulfonamides is 1. The van der Waals surface area contributed by atoms with Crippen LogP contribution in [0.4, 0.5) is 10.8 Å². The molecule has 0 aliphatic rings. The molecular formula is C14H18N4O4S2. The van der Waals surface area contributed by atoms with Gasteiger partial charge in [0.2, 0.25) is 11.0 Å². The maximum absolute atomic E-state index is 12.4. The van der Waals surface area contributed by atoms with Crippen molar-refractivity contribution in [3.63, 3.8) is 0 Å². The van der Waals surface area contributed by atoms with Gasteiger partial charge in [-0.15, -0.1) is 10.2 Å². The molecule has 1 aromatic heterocycles. The lowest BCUT2D eigenvalue weighted by molar-refractivity contribution is -0.118. The molecule has 0 unspecified atom stereocenters. The van der Waals surface area contributed by atoms with Crippen molar-refractivity contribution in [2.75, 3.05) is 17.1 Å². The summed E-state index contributed by atoms with van der Waals surface area (Å²) < 4.78 is 32.2. The van der Waals surface area contributed by atoms with Crippen LogP contribution in [0.2, 0.25) is 0 Å². The molecule has 130 valence electrons. The molecule has 24 heavy (non-hydrogen) atoms.